The Morgan fingerprint density at radius 2 is 2.06 bits per heavy atom. The summed E-state index contributed by atoms with van der Waals surface area (Å²) in [6.07, 6.45) is 3.59. The van der Waals surface area contributed by atoms with Gasteiger partial charge in [0.25, 0.3) is 5.91 Å². The van der Waals surface area contributed by atoms with Gasteiger partial charge >= 0.3 is 0 Å². The van der Waals surface area contributed by atoms with Gasteiger partial charge in [-0.2, -0.15) is 0 Å². The van der Waals surface area contributed by atoms with Crippen molar-refractivity contribution in [3.63, 3.8) is 0 Å². The average molecular weight is 522 g/mol. The molecular formula is C23H31N5O5S2. The van der Waals surface area contributed by atoms with E-state index in [0.29, 0.717) is 43.2 Å². The molecule has 0 unspecified atom stereocenters. The zero-order valence-corrected chi connectivity index (χ0v) is 21.5. The number of oxime groups is 1. The number of carbonyl (C=O) groups excluding carboxylic acids is 1. The SMILES string of the molecule is CNCCN(C)Cc1cnc(NC(=O)C(=NO[C@@H]2CCOC2)c2ccc(S(=O)(=O)C3CC3)cc2)s1. The quantitative estimate of drug-likeness (QED) is 0.321. The number of rotatable bonds is 12. The molecule has 2 N–H and O–H groups in total. The average Bonchev–Trinajstić information content (AvgIpc) is 3.43. The van der Waals surface area contributed by atoms with Crippen LogP contribution in [-0.2, 0) is 30.8 Å². The van der Waals surface area contributed by atoms with Crippen molar-refractivity contribution in [3.05, 3.63) is 40.9 Å². The molecule has 1 aromatic heterocycles. The van der Waals surface area contributed by atoms with E-state index in [-0.39, 0.29) is 22.0 Å². The maximum absolute atomic E-state index is 13.2. The molecule has 1 aromatic carbocycles. The van der Waals surface area contributed by atoms with E-state index < -0.39 is 15.7 Å². The van der Waals surface area contributed by atoms with E-state index in [4.69, 9.17) is 9.57 Å². The topological polar surface area (TPSA) is 122 Å². The largest absolute Gasteiger partial charge is 0.389 e. The van der Waals surface area contributed by atoms with Crippen LogP contribution in [0.15, 0.2) is 40.5 Å². The predicted molar refractivity (Wildman–Crippen MR) is 135 cm³/mol. The van der Waals surface area contributed by atoms with Crippen molar-refractivity contribution in [3.8, 4) is 0 Å². The van der Waals surface area contributed by atoms with E-state index in [9.17, 15) is 13.2 Å². The Balaban J connectivity index is 1.48. The molecule has 190 valence electrons. The molecule has 1 saturated carbocycles. The van der Waals surface area contributed by atoms with Crippen molar-refractivity contribution in [2.24, 2.45) is 5.16 Å². The Morgan fingerprint density at radius 1 is 1.29 bits per heavy atom. The summed E-state index contributed by atoms with van der Waals surface area (Å²) in [5.74, 6) is -0.480. The highest BCUT2D eigenvalue weighted by Gasteiger charge is 2.36. The monoisotopic (exact) mass is 521 g/mol. The van der Waals surface area contributed by atoms with Crippen LogP contribution in [0.1, 0.15) is 29.7 Å². The van der Waals surface area contributed by atoms with Crippen LogP contribution < -0.4 is 10.6 Å². The number of hydrogen-bond acceptors (Lipinski definition) is 10. The molecule has 0 bridgehead atoms. The lowest BCUT2D eigenvalue weighted by Gasteiger charge is -2.14. The summed E-state index contributed by atoms with van der Waals surface area (Å²) in [6.45, 7) is 3.49. The number of likely N-dealkylation sites (N-methyl/N-ethyl adjacent to an activating group) is 2. The minimum atomic E-state index is -3.32. The van der Waals surface area contributed by atoms with Gasteiger partial charge in [0.15, 0.2) is 26.8 Å². The maximum atomic E-state index is 13.2. The molecule has 0 spiro atoms. The third-order valence-corrected chi connectivity index (χ3v) is 8.93. The van der Waals surface area contributed by atoms with Gasteiger partial charge < -0.3 is 14.9 Å². The molecule has 2 heterocycles. The van der Waals surface area contributed by atoms with E-state index in [1.807, 2.05) is 14.1 Å². The van der Waals surface area contributed by atoms with Crippen molar-refractivity contribution in [1.29, 1.82) is 0 Å². The molecule has 2 aromatic rings. The van der Waals surface area contributed by atoms with Gasteiger partial charge in [-0.25, -0.2) is 13.4 Å². The lowest BCUT2D eigenvalue weighted by Crippen LogP contribution is -2.26. The van der Waals surface area contributed by atoms with Crippen molar-refractivity contribution >= 4 is 37.9 Å². The first-order valence-electron chi connectivity index (χ1n) is 11.6. The highest BCUT2D eigenvalue weighted by atomic mass is 32.2. The Kier molecular flexibility index (Phi) is 8.50. The number of amides is 1. The summed E-state index contributed by atoms with van der Waals surface area (Å²) in [7, 11) is 0.618. The summed E-state index contributed by atoms with van der Waals surface area (Å²) in [4.78, 5) is 26.5. The Bertz CT molecular complexity index is 1140. The number of thiazole rings is 1. The molecule has 2 aliphatic rings. The van der Waals surface area contributed by atoms with Crippen molar-refractivity contribution in [2.45, 2.75) is 42.1 Å². The van der Waals surface area contributed by atoms with Crippen LogP contribution in [0.5, 0.6) is 0 Å². The van der Waals surface area contributed by atoms with Crippen LogP contribution >= 0.6 is 11.3 Å². The molecular weight excluding hydrogens is 490 g/mol. The number of hydrogen-bond donors (Lipinski definition) is 2. The number of anilines is 1. The normalized spacial score (nSPS) is 18.7. The van der Waals surface area contributed by atoms with Crippen LogP contribution in [0.4, 0.5) is 5.13 Å². The lowest BCUT2D eigenvalue weighted by molar-refractivity contribution is -0.110. The second-order valence-corrected chi connectivity index (χ2v) is 12.1. The second kappa shape index (κ2) is 11.6. The predicted octanol–water partition coefficient (Wildman–Crippen LogP) is 1.88. The molecule has 1 atom stereocenters. The second-order valence-electron chi connectivity index (χ2n) is 8.73. The molecule has 4 rings (SSSR count). The summed E-state index contributed by atoms with van der Waals surface area (Å²) >= 11 is 1.39. The highest BCUT2D eigenvalue weighted by molar-refractivity contribution is 7.92. The molecule has 2 fully saturated rings. The number of ether oxygens (including phenoxy) is 1. The van der Waals surface area contributed by atoms with Crippen molar-refractivity contribution < 1.29 is 22.8 Å². The van der Waals surface area contributed by atoms with Gasteiger partial charge in [-0.1, -0.05) is 17.3 Å². The standard InChI is InChI=1S/C23H31N5O5S2/c1-24-10-11-28(2)14-18-13-25-23(34-18)26-22(29)21(27-33-17-9-12-32-15-17)16-3-5-19(6-4-16)35(30,31)20-7-8-20/h3-6,13,17,20,24H,7-12,14-15H2,1-2H3,(H,25,26,29)/t17-/m1/s1. The molecule has 1 aliphatic heterocycles. The zero-order chi connectivity index (χ0) is 24.8. The van der Waals surface area contributed by atoms with Gasteiger partial charge in [-0.15, -0.1) is 11.3 Å². The minimum absolute atomic E-state index is 0.0511. The van der Waals surface area contributed by atoms with Crippen molar-refractivity contribution in [1.82, 2.24) is 15.2 Å². The van der Waals surface area contributed by atoms with Gasteiger partial charge in [0, 0.05) is 42.7 Å². The highest BCUT2D eigenvalue weighted by Crippen LogP contribution is 2.33. The van der Waals surface area contributed by atoms with Gasteiger partial charge in [0.1, 0.15) is 0 Å². The fourth-order valence-electron chi connectivity index (χ4n) is 3.56. The van der Waals surface area contributed by atoms with E-state index in [0.717, 1.165) is 24.5 Å². The Hall–Kier alpha value is -2.38. The third-order valence-electron chi connectivity index (χ3n) is 5.76. The maximum Gasteiger partial charge on any atom is 0.280 e. The van der Waals surface area contributed by atoms with Crippen molar-refractivity contribution in [2.75, 3.05) is 45.7 Å². The molecule has 10 nitrogen and oxygen atoms in total. The molecule has 12 heteroatoms. The Labute approximate surface area is 209 Å². The first-order valence-corrected chi connectivity index (χ1v) is 14.0. The number of sulfone groups is 1. The van der Waals surface area contributed by atoms with Gasteiger partial charge in [0.05, 0.1) is 23.4 Å². The van der Waals surface area contributed by atoms with Crippen LogP contribution in [-0.4, -0.2) is 81.7 Å². The molecule has 35 heavy (non-hydrogen) atoms. The minimum Gasteiger partial charge on any atom is -0.389 e. The number of carbonyl (C=O) groups is 1. The van der Waals surface area contributed by atoms with Crippen LogP contribution in [0.3, 0.4) is 0 Å². The van der Waals surface area contributed by atoms with Crippen LogP contribution in [0.2, 0.25) is 0 Å². The molecule has 1 aliphatic carbocycles. The van der Waals surface area contributed by atoms with Crippen LogP contribution in [0.25, 0.3) is 0 Å². The van der Waals surface area contributed by atoms with Gasteiger partial charge in [-0.05, 0) is 39.1 Å². The number of aromatic nitrogens is 1. The summed E-state index contributed by atoms with van der Waals surface area (Å²) in [6, 6.07) is 6.22. The van der Waals surface area contributed by atoms with E-state index in [1.54, 1.807) is 18.3 Å². The summed E-state index contributed by atoms with van der Waals surface area (Å²) in [5, 5.41) is 10.2. The number of nitrogens with one attached hydrogen (secondary N) is 2. The van der Waals surface area contributed by atoms with Gasteiger partial charge in [0.2, 0.25) is 0 Å². The fraction of sp³-hybridized carbons (Fsp3) is 0.522. The first kappa shape index (κ1) is 25.7. The van der Waals surface area contributed by atoms with E-state index >= 15 is 0 Å². The lowest BCUT2D eigenvalue weighted by atomic mass is 10.1. The fourth-order valence-corrected chi connectivity index (χ4v) is 6.11. The van der Waals surface area contributed by atoms with Gasteiger partial charge in [-0.3, -0.25) is 15.0 Å². The summed E-state index contributed by atoms with van der Waals surface area (Å²) < 4.78 is 30.4. The van der Waals surface area contributed by atoms with Crippen LogP contribution in [0, 0.1) is 0 Å². The molecule has 0 radical (unpaired) electrons. The number of benzene rings is 1. The first-order chi connectivity index (χ1) is 16.9. The third kappa shape index (κ3) is 6.85. The molecule has 1 amide bonds. The number of nitrogens with zero attached hydrogens (tertiary/aromatic N) is 3. The summed E-state index contributed by atoms with van der Waals surface area (Å²) in [5.41, 5.74) is 0.509. The smallest absolute Gasteiger partial charge is 0.280 e. The van der Waals surface area contributed by atoms with E-state index in [2.05, 4.69) is 25.7 Å². The zero-order valence-electron chi connectivity index (χ0n) is 19.9. The van der Waals surface area contributed by atoms with E-state index in [1.165, 1.54) is 23.5 Å². The molecule has 1 saturated heterocycles. The Morgan fingerprint density at radius 3 is 2.71 bits per heavy atom.